The molecule has 144 valence electrons. The van der Waals surface area contributed by atoms with Crippen molar-refractivity contribution in [3.8, 4) is 0 Å². The second-order valence-electron chi connectivity index (χ2n) is 7.17. The summed E-state index contributed by atoms with van der Waals surface area (Å²) in [4.78, 5) is 11.7. The van der Waals surface area contributed by atoms with E-state index in [1.165, 1.54) is 24.0 Å². The Morgan fingerprint density at radius 2 is 2.07 bits per heavy atom. The van der Waals surface area contributed by atoms with Gasteiger partial charge in [0.05, 0.1) is 12.2 Å². The number of hydrogen-bond acceptors (Lipinski definition) is 3. The zero-order valence-corrected chi connectivity index (χ0v) is 16.5. The lowest BCUT2D eigenvalue weighted by Gasteiger charge is -2.34. The number of nitrogens with one attached hydrogen (secondary N) is 2. The fourth-order valence-electron chi connectivity index (χ4n) is 3.51. The van der Waals surface area contributed by atoms with Gasteiger partial charge in [0, 0.05) is 31.9 Å². The highest BCUT2D eigenvalue weighted by molar-refractivity contribution is 5.80. The third kappa shape index (κ3) is 6.07. The lowest BCUT2D eigenvalue weighted by molar-refractivity contribution is 0.192. The molecule has 1 aromatic heterocycles. The number of aliphatic imine (C=N–C) groups is 1. The molecule has 2 heterocycles. The van der Waals surface area contributed by atoms with Gasteiger partial charge in [-0.1, -0.05) is 36.4 Å². The van der Waals surface area contributed by atoms with E-state index in [0.29, 0.717) is 12.6 Å². The van der Waals surface area contributed by atoms with Gasteiger partial charge in [-0.05, 0) is 50.4 Å². The van der Waals surface area contributed by atoms with E-state index in [-0.39, 0.29) is 0 Å². The van der Waals surface area contributed by atoms with Crippen molar-refractivity contribution in [1.82, 2.24) is 20.5 Å². The molecule has 5 nitrogen and oxygen atoms in total. The van der Waals surface area contributed by atoms with Crippen LogP contribution in [0.25, 0.3) is 0 Å². The second kappa shape index (κ2) is 10.1. The van der Waals surface area contributed by atoms with Crippen LogP contribution in [0.1, 0.15) is 36.6 Å². The first-order valence-corrected chi connectivity index (χ1v) is 9.96. The normalized spacial score (nSPS) is 18.3. The molecule has 1 aliphatic heterocycles. The number of rotatable bonds is 6. The maximum atomic E-state index is 4.76. The summed E-state index contributed by atoms with van der Waals surface area (Å²) >= 11 is 0. The molecule has 1 unspecified atom stereocenters. The Bertz CT molecular complexity index is 728. The summed E-state index contributed by atoms with van der Waals surface area (Å²) in [6.45, 7) is 8.86. The van der Waals surface area contributed by atoms with E-state index in [1.54, 1.807) is 0 Å². The molecule has 1 saturated heterocycles. The SMILES string of the molecule is CCNC(=NCc1ncccc1C)NC1CCCN(Cc2ccccc2)C1. The Morgan fingerprint density at radius 3 is 2.85 bits per heavy atom. The van der Waals surface area contributed by atoms with Crippen molar-refractivity contribution in [3.63, 3.8) is 0 Å². The lowest BCUT2D eigenvalue weighted by atomic mass is 10.0. The third-order valence-electron chi connectivity index (χ3n) is 4.94. The Morgan fingerprint density at radius 1 is 1.22 bits per heavy atom. The molecular formula is C22H31N5. The van der Waals surface area contributed by atoms with E-state index in [1.807, 2.05) is 12.3 Å². The van der Waals surface area contributed by atoms with Gasteiger partial charge in [0.2, 0.25) is 0 Å². The van der Waals surface area contributed by atoms with Gasteiger partial charge in [-0.25, -0.2) is 4.99 Å². The van der Waals surface area contributed by atoms with Gasteiger partial charge >= 0.3 is 0 Å². The van der Waals surface area contributed by atoms with Crippen molar-refractivity contribution < 1.29 is 0 Å². The molecule has 1 aromatic carbocycles. The molecule has 0 bridgehead atoms. The number of guanidine groups is 1. The second-order valence-corrected chi connectivity index (χ2v) is 7.17. The van der Waals surface area contributed by atoms with Crippen molar-refractivity contribution in [2.24, 2.45) is 4.99 Å². The van der Waals surface area contributed by atoms with Gasteiger partial charge in [-0.2, -0.15) is 0 Å². The van der Waals surface area contributed by atoms with E-state index in [0.717, 1.165) is 37.8 Å². The number of nitrogens with zero attached hydrogens (tertiary/aromatic N) is 3. The maximum absolute atomic E-state index is 4.76. The van der Waals surface area contributed by atoms with Crippen LogP contribution in [0, 0.1) is 6.92 Å². The van der Waals surface area contributed by atoms with Crippen LogP contribution in [0.15, 0.2) is 53.7 Å². The average molecular weight is 366 g/mol. The van der Waals surface area contributed by atoms with Gasteiger partial charge < -0.3 is 10.6 Å². The first-order chi connectivity index (χ1) is 13.2. The Labute approximate surface area is 162 Å². The average Bonchev–Trinajstić information content (AvgIpc) is 2.68. The molecule has 0 amide bonds. The van der Waals surface area contributed by atoms with Crippen molar-refractivity contribution in [1.29, 1.82) is 0 Å². The molecule has 0 aliphatic carbocycles. The zero-order chi connectivity index (χ0) is 18.9. The van der Waals surface area contributed by atoms with E-state index in [2.05, 4.69) is 70.8 Å². The molecule has 0 spiro atoms. The first kappa shape index (κ1) is 19.4. The standard InChI is InChI=1S/C22H31N5/c1-3-23-22(25-15-21-18(2)9-7-13-24-21)26-20-12-8-14-27(17-20)16-19-10-5-4-6-11-19/h4-7,9-11,13,20H,3,8,12,14-17H2,1-2H3,(H2,23,25,26). The Hall–Kier alpha value is -2.40. The van der Waals surface area contributed by atoms with E-state index >= 15 is 0 Å². The summed E-state index contributed by atoms with van der Waals surface area (Å²) < 4.78 is 0. The molecular weight excluding hydrogens is 334 g/mol. The van der Waals surface area contributed by atoms with Gasteiger partial charge in [0.1, 0.15) is 0 Å². The number of benzene rings is 1. The summed E-state index contributed by atoms with van der Waals surface area (Å²) in [5.74, 6) is 0.883. The van der Waals surface area contributed by atoms with Crippen LogP contribution in [0.4, 0.5) is 0 Å². The minimum absolute atomic E-state index is 0.421. The first-order valence-electron chi connectivity index (χ1n) is 9.96. The maximum Gasteiger partial charge on any atom is 0.191 e. The zero-order valence-electron chi connectivity index (χ0n) is 16.5. The molecule has 1 aliphatic rings. The molecule has 27 heavy (non-hydrogen) atoms. The lowest BCUT2D eigenvalue weighted by Crippen LogP contribution is -2.51. The van der Waals surface area contributed by atoms with E-state index in [9.17, 15) is 0 Å². The summed E-state index contributed by atoms with van der Waals surface area (Å²) in [5, 5.41) is 7.01. The van der Waals surface area contributed by atoms with Crippen LogP contribution in [0.5, 0.6) is 0 Å². The smallest absolute Gasteiger partial charge is 0.191 e. The quantitative estimate of drug-likeness (QED) is 0.610. The molecule has 2 N–H and O–H groups in total. The minimum Gasteiger partial charge on any atom is -0.357 e. The summed E-state index contributed by atoms with van der Waals surface area (Å²) in [7, 11) is 0. The van der Waals surface area contributed by atoms with Gasteiger partial charge in [-0.15, -0.1) is 0 Å². The highest BCUT2D eigenvalue weighted by Crippen LogP contribution is 2.14. The van der Waals surface area contributed by atoms with Crippen molar-refractivity contribution in [2.45, 2.75) is 45.8 Å². The van der Waals surface area contributed by atoms with Crippen molar-refractivity contribution in [3.05, 3.63) is 65.5 Å². The van der Waals surface area contributed by atoms with Crippen LogP contribution < -0.4 is 10.6 Å². The summed E-state index contributed by atoms with van der Waals surface area (Å²) in [5.41, 5.74) is 3.59. The van der Waals surface area contributed by atoms with Crippen LogP contribution in [-0.4, -0.2) is 41.5 Å². The molecule has 0 radical (unpaired) electrons. The predicted octanol–water partition coefficient (Wildman–Crippen LogP) is 3.11. The molecule has 1 atom stereocenters. The van der Waals surface area contributed by atoms with Crippen LogP contribution in [0.3, 0.4) is 0 Å². The van der Waals surface area contributed by atoms with Gasteiger partial charge in [-0.3, -0.25) is 9.88 Å². The highest BCUT2D eigenvalue weighted by Gasteiger charge is 2.20. The number of aryl methyl sites for hydroxylation is 1. The number of pyridine rings is 1. The van der Waals surface area contributed by atoms with Gasteiger partial charge in [0.25, 0.3) is 0 Å². The summed E-state index contributed by atoms with van der Waals surface area (Å²) in [6, 6.07) is 15.2. The number of piperidine rings is 1. The van der Waals surface area contributed by atoms with Crippen LogP contribution >= 0.6 is 0 Å². The largest absolute Gasteiger partial charge is 0.357 e. The van der Waals surface area contributed by atoms with E-state index < -0.39 is 0 Å². The van der Waals surface area contributed by atoms with Crippen LogP contribution in [0.2, 0.25) is 0 Å². The van der Waals surface area contributed by atoms with Gasteiger partial charge in [0.15, 0.2) is 5.96 Å². The monoisotopic (exact) mass is 365 g/mol. The molecule has 2 aromatic rings. The number of aromatic nitrogens is 1. The molecule has 3 rings (SSSR count). The predicted molar refractivity (Wildman–Crippen MR) is 112 cm³/mol. The number of hydrogen-bond donors (Lipinski definition) is 2. The van der Waals surface area contributed by atoms with E-state index in [4.69, 9.17) is 4.99 Å². The molecule has 0 saturated carbocycles. The van der Waals surface area contributed by atoms with Crippen molar-refractivity contribution >= 4 is 5.96 Å². The molecule has 5 heteroatoms. The third-order valence-corrected chi connectivity index (χ3v) is 4.94. The fourth-order valence-corrected chi connectivity index (χ4v) is 3.51. The summed E-state index contributed by atoms with van der Waals surface area (Å²) in [6.07, 6.45) is 4.22. The van der Waals surface area contributed by atoms with Crippen LogP contribution in [-0.2, 0) is 13.1 Å². The highest BCUT2D eigenvalue weighted by atomic mass is 15.2. The van der Waals surface area contributed by atoms with Crippen molar-refractivity contribution in [2.75, 3.05) is 19.6 Å². The fraction of sp³-hybridized carbons (Fsp3) is 0.455. The topological polar surface area (TPSA) is 52.6 Å². The Balaban J connectivity index is 1.58. The number of likely N-dealkylation sites (tertiary alicyclic amines) is 1. The minimum atomic E-state index is 0.421. The molecule has 1 fully saturated rings. The Kier molecular flexibility index (Phi) is 7.22.